The second-order valence-corrected chi connectivity index (χ2v) is 5.22. The third-order valence-corrected chi connectivity index (χ3v) is 3.76. The first-order valence-electron chi connectivity index (χ1n) is 7.06. The third kappa shape index (κ3) is 2.59. The molecule has 0 bridgehead atoms. The fourth-order valence-corrected chi connectivity index (χ4v) is 2.78. The lowest BCUT2D eigenvalue weighted by Crippen LogP contribution is -2.32. The highest BCUT2D eigenvalue weighted by atomic mass is 16.4. The molecule has 1 aliphatic rings. The Bertz CT molecular complexity index is 735. The van der Waals surface area contributed by atoms with Crippen molar-refractivity contribution < 1.29 is 9.90 Å². The monoisotopic (exact) mass is 284 g/mol. The zero-order valence-electron chi connectivity index (χ0n) is 11.6. The smallest absolute Gasteiger partial charge is 0.323 e. The van der Waals surface area contributed by atoms with Crippen molar-refractivity contribution in [3.8, 4) is 11.4 Å². The van der Waals surface area contributed by atoms with Crippen LogP contribution < -0.4 is 5.56 Å². The average molecular weight is 284 g/mol. The molecule has 3 rings (SSSR count). The van der Waals surface area contributed by atoms with Crippen LogP contribution in [0.4, 0.5) is 0 Å². The van der Waals surface area contributed by atoms with Crippen LogP contribution in [0, 0.1) is 0 Å². The predicted octanol–water partition coefficient (Wildman–Crippen LogP) is 1.87. The molecule has 0 amide bonds. The number of aryl methyl sites for hydroxylation is 1. The summed E-state index contributed by atoms with van der Waals surface area (Å²) in [5.41, 5.74) is 2.07. The number of nitrogens with zero attached hydrogens (tertiary/aromatic N) is 2. The maximum atomic E-state index is 12.6. The summed E-state index contributed by atoms with van der Waals surface area (Å²) in [6, 6.07) is 9.27. The van der Waals surface area contributed by atoms with E-state index in [4.69, 9.17) is 5.11 Å². The Labute approximate surface area is 121 Å². The van der Waals surface area contributed by atoms with Crippen LogP contribution in [0.2, 0.25) is 0 Å². The Kier molecular flexibility index (Phi) is 3.56. The summed E-state index contributed by atoms with van der Waals surface area (Å²) in [6.45, 7) is -0.358. The SMILES string of the molecule is O=C(O)Cn1c(-c2ccccc2)nc2c(c1=O)CCCC2. The van der Waals surface area contributed by atoms with Gasteiger partial charge in [0.1, 0.15) is 12.4 Å². The molecule has 0 saturated heterocycles. The van der Waals surface area contributed by atoms with Gasteiger partial charge in [0, 0.05) is 11.1 Å². The average Bonchev–Trinajstić information content (AvgIpc) is 2.50. The second-order valence-electron chi connectivity index (χ2n) is 5.22. The van der Waals surface area contributed by atoms with Gasteiger partial charge in [-0.25, -0.2) is 4.98 Å². The van der Waals surface area contributed by atoms with Gasteiger partial charge in [-0.1, -0.05) is 30.3 Å². The lowest BCUT2D eigenvalue weighted by molar-refractivity contribution is -0.137. The Morgan fingerprint density at radius 3 is 2.62 bits per heavy atom. The van der Waals surface area contributed by atoms with Gasteiger partial charge in [-0.3, -0.25) is 14.2 Å². The van der Waals surface area contributed by atoms with Gasteiger partial charge in [-0.05, 0) is 25.7 Å². The van der Waals surface area contributed by atoms with Gasteiger partial charge in [-0.15, -0.1) is 0 Å². The van der Waals surface area contributed by atoms with Crippen LogP contribution >= 0.6 is 0 Å². The van der Waals surface area contributed by atoms with E-state index in [1.807, 2.05) is 30.3 Å². The number of rotatable bonds is 3. The quantitative estimate of drug-likeness (QED) is 0.934. The van der Waals surface area contributed by atoms with E-state index in [1.54, 1.807) is 0 Å². The van der Waals surface area contributed by atoms with Gasteiger partial charge in [0.25, 0.3) is 5.56 Å². The third-order valence-electron chi connectivity index (χ3n) is 3.76. The van der Waals surface area contributed by atoms with E-state index < -0.39 is 5.97 Å². The summed E-state index contributed by atoms with van der Waals surface area (Å²) in [6.07, 6.45) is 3.46. The zero-order chi connectivity index (χ0) is 14.8. The van der Waals surface area contributed by atoms with Gasteiger partial charge in [-0.2, -0.15) is 0 Å². The van der Waals surface area contributed by atoms with E-state index in [0.29, 0.717) is 17.8 Å². The molecular weight excluding hydrogens is 268 g/mol. The van der Waals surface area contributed by atoms with Crippen LogP contribution in [-0.4, -0.2) is 20.6 Å². The van der Waals surface area contributed by atoms with E-state index in [2.05, 4.69) is 4.98 Å². The number of aromatic nitrogens is 2. The molecule has 1 aliphatic carbocycles. The molecule has 0 fully saturated rings. The lowest BCUT2D eigenvalue weighted by atomic mass is 9.97. The van der Waals surface area contributed by atoms with Crippen LogP contribution in [-0.2, 0) is 24.2 Å². The van der Waals surface area contributed by atoms with E-state index in [-0.39, 0.29) is 12.1 Å². The topological polar surface area (TPSA) is 72.2 Å². The molecule has 0 radical (unpaired) electrons. The van der Waals surface area contributed by atoms with Gasteiger partial charge in [0.05, 0.1) is 5.69 Å². The molecule has 2 aromatic rings. The highest BCUT2D eigenvalue weighted by Gasteiger charge is 2.21. The van der Waals surface area contributed by atoms with Crippen molar-refractivity contribution in [2.45, 2.75) is 32.2 Å². The maximum Gasteiger partial charge on any atom is 0.323 e. The molecule has 0 unspecified atom stereocenters. The highest BCUT2D eigenvalue weighted by molar-refractivity contribution is 5.68. The Hall–Kier alpha value is -2.43. The summed E-state index contributed by atoms with van der Waals surface area (Å²) in [5, 5.41) is 9.08. The maximum absolute atomic E-state index is 12.6. The van der Waals surface area contributed by atoms with E-state index in [9.17, 15) is 9.59 Å². The molecule has 5 nitrogen and oxygen atoms in total. The molecule has 1 heterocycles. The highest BCUT2D eigenvalue weighted by Crippen LogP contribution is 2.21. The largest absolute Gasteiger partial charge is 0.480 e. The second kappa shape index (κ2) is 5.52. The number of benzene rings is 1. The fraction of sp³-hybridized carbons (Fsp3) is 0.312. The minimum Gasteiger partial charge on any atom is -0.480 e. The van der Waals surface area contributed by atoms with Crippen LogP contribution in [0.5, 0.6) is 0 Å². The molecule has 1 aromatic heterocycles. The molecule has 108 valence electrons. The van der Waals surface area contributed by atoms with Crippen LogP contribution in [0.3, 0.4) is 0 Å². The van der Waals surface area contributed by atoms with Crippen molar-refractivity contribution in [1.82, 2.24) is 9.55 Å². The van der Waals surface area contributed by atoms with Crippen molar-refractivity contribution in [1.29, 1.82) is 0 Å². The van der Waals surface area contributed by atoms with Crippen LogP contribution in [0.1, 0.15) is 24.1 Å². The fourth-order valence-electron chi connectivity index (χ4n) is 2.78. The van der Waals surface area contributed by atoms with Crippen molar-refractivity contribution in [2.24, 2.45) is 0 Å². The van der Waals surface area contributed by atoms with E-state index in [1.165, 1.54) is 4.57 Å². The number of fused-ring (bicyclic) bond motifs is 1. The molecule has 0 atom stereocenters. The number of aliphatic carboxylic acids is 1. The summed E-state index contributed by atoms with van der Waals surface area (Å²) in [7, 11) is 0. The molecular formula is C16H16N2O3. The zero-order valence-corrected chi connectivity index (χ0v) is 11.6. The van der Waals surface area contributed by atoms with Gasteiger partial charge in [0.15, 0.2) is 0 Å². The first kappa shape index (κ1) is 13.5. The normalized spacial score (nSPS) is 13.7. The first-order chi connectivity index (χ1) is 10.2. The molecule has 0 spiro atoms. The Morgan fingerprint density at radius 1 is 1.19 bits per heavy atom. The minimum atomic E-state index is -1.04. The van der Waals surface area contributed by atoms with Crippen molar-refractivity contribution >= 4 is 5.97 Å². The standard InChI is InChI=1S/C16H16N2O3/c19-14(20)10-18-15(11-6-2-1-3-7-11)17-13-9-5-4-8-12(13)16(18)21/h1-3,6-7H,4-5,8-10H2,(H,19,20). The predicted molar refractivity (Wildman–Crippen MR) is 78.2 cm³/mol. The minimum absolute atomic E-state index is 0.207. The van der Waals surface area contributed by atoms with Crippen LogP contribution in [0.15, 0.2) is 35.1 Å². The molecule has 5 heteroatoms. The molecule has 21 heavy (non-hydrogen) atoms. The number of carboxylic acids is 1. The molecule has 0 saturated carbocycles. The molecule has 1 aromatic carbocycles. The van der Waals surface area contributed by atoms with Crippen molar-refractivity contribution in [3.05, 3.63) is 51.9 Å². The number of hydrogen-bond donors (Lipinski definition) is 1. The van der Waals surface area contributed by atoms with Crippen LogP contribution in [0.25, 0.3) is 11.4 Å². The summed E-state index contributed by atoms with van der Waals surface area (Å²) >= 11 is 0. The van der Waals surface area contributed by atoms with E-state index >= 15 is 0 Å². The van der Waals surface area contributed by atoms with E-state index in [0.717, 1.165) is 30.5 Å². The molecule has 1 N–H and O–H groups in total. The Morgan fingerprint density at radius 2 is 1.90 bits per heavy atom. The van der Waals surface area contributed by atoms with Gasteiger partial charge < -0.3 is 5.11 Å². The van der Waals surface area contributed by atoms with Crippen molar-refractivity contribution in [3.63, 3.8) is 0 Å². The first-order valence-corrected chi connectivity index (χ1v) is 7.06. The summed E-state index contributed by atoms with van der Waals surface area (Å²) in [4.78, 5) is 28.3. The summed E-state index contributed by atoms with van der Waals surface area (Å²) in [5.74, 6) is -0.588. The lowest BCUT2D eigenvalue weighted by Gasteiger charge is -2.19. The van der Waals surface area contributed by atoms with Gasteiger partial charge in [0.2, 0.25) is 0 Å². The number of carboxylic acid groups (broad SMARTS) is 1. The number of hydrogen-bond acceptors (Lipinski definition) is 3. The Balaban J connectivity index is 2.24. The number of carbonyl (C=O) groups is 1. The van der Waals surface area contributed by atoms with Gasteiger partial charge >= 0.3 is 5.97 Å². The molecule has 0 aliphatic heterocycles. The summed E-state index contributed by atoms with van der Waals surface area (Å²) < 4.78 is 1.28. The van der Waals surface area contributed by atoms with Crippen molar-refractivity contribution in [2.75, 3.05) is 0 Å².